The monoisotopic (exact) mass is 279 g/mol. The molecule has 1 heterocycles. The Balaban J connectivity index is 2.57. The topological polar surface area (TPSA) is 37.8 Å². The van der Waals surface area contributed by atoms with E-state index in [1.54, 1.807) is 12.1 Å². The zero-order valence-corrected chi connectivity index (χ0v) is 11.8. The Kier molecular flexibility index (Phi) is 4.00. The lowest BCUT2D eigenvalue weighted by Crippen LogP contribution is -2.06. The number of aryl methyl sites for hydroxylation is 1. The Hall–Kier alpha value is -1.68. The fourth-order valence-electron chi connectivity index (χ4n) is 1.89. The summed E-state index contributed by atoms with van der Waals surface area (Å²) in [5.41, 5.74) is 2.48. The molecule has 0 unspecified atom stereocenters. The van der Waals surface area contributed by atoms with Gasteiger partial charge in [-0.25, -0.2) is 14.4 Å². The quantitative estimate of drug-likeness (QED) is 0.923. The van der Waals surface area contributed by atoms with Crippen molar-refractivity contribution in [3.05, 3.63) is 40.4 Å². The van der Waals surface area contributed by atoms with E-state index in [1.807, 2.05) is 20.8 Å². The van der Waals surface area contributed by atoms with Gasteiger partial charge in [0.2, 0.25) is 0 Å². The first kappa shape index (κ1) is 13.7. The molecule has 0 aliphatic heterocycles. The summed E-state index contributed by atoms with van der Waals surface area (Å²) in [5.74, 6) is 1.03. The van der Waals surface area contributed by atoms with E-state index in [1.165, 1.54) is 6.07 Å². The molecule has 0 amide bonds. The summed E-state index contributed by atoms with van der Waals surface area (Å²) in [4.78, 5) is 8.78. The predicted octanol–water partition coefficient (Wildman–Crippen LogP) is 3.98. The first-order chi connectivity index (χ1) is 9.02. The zero-order valence-electron chi connectivity index (χ0n) is 11.1. The average Bonchev–Trinajstić information content (AvgIpc) is 2.37. The first-order valence-electron chi connectivity index (χ1n) is 6.07. The summed E-state index contributed by atoms with van der Waals surface area (Å²) in [6.45, 7) is 6.55. The molecule has 2 aromatic rings. The minimum atomic E-state index is -0.430. The van der Waals surface area contributed by atoms with E-state index in [0.29, 0.717) is 5.82 Å². The van der Waals surface area contributed by atoms with Crippen LogP contribution in [0.4, 0.5) is 10.2 Å². The smallest absolute Gasteiger partial charge is 0.141 e. The molecule has 100 valence electrons. The van der Waals surface area contributed by atoms with Crippen molar-refractivity contribution in [1.29, 1.82) is 0 Å². The van der Waals surface area contributed by atoms with Crippen molar-refractivity contribution < 1.29 is 4.39 Å². The molecule has 2 rings (SSSR count). The molecular weight excluding hydrogens is 265 g/mol. The van der Waals surface area contributed by atoms with Gasteiger partial charge < -0.3 is 5.32 Å². The highest BCUT2D eigenvalue weighted by Crippen LogP contribution is 2.28. The number of rotatable bonds is 3. The van der Waals surface area contributed by atoms with Crippen LogP contribution in [0.3, 0.4) is 0 Å². The van der Waals surface area contributed by atoms with Crippen molar-refractivity contribution in [3.63, 3.8) is 0 Å². The van der Waals surface area contributed by atoms with Crippen LogP contribution in [0.1, 0.15) is 18.3 Å². The summed E-state index contributed by atoms with van der Waals surface area (Å²) >= 11 is 5.82. The van der Waals surface area contributed by atoms with Crippen LogP contribution in [0, 0.1) is 19.7 Å². The summed E-state index contributed by atoms with van der Waals surface area (Å²) < 4.78 is 13.2. The Labute approximate surface area is 116 Å². The number of halogens is 2. The van der Waals surface area contributed by atoms with Gasteiger partial charge in [-0.05, 0) is 39.0 Å². The van der Waals surface area contributed by atoms with Gasteiger partial charge >= 0.3 is 0 Å². The van der Waals surface area contributed by atoms with Crippen LogP contribution in [-0.2, 0) is 0 Å². The second-order valence-corrected chi connectivity index (χ2v) is 4.66. The normalized spacial score (nSPS) is 10.6. The van der Waals surface area contributed by atoms with Crippen molar-refractivity contribution >= 4 is 17.4 Å². The number of hydrogen-bond acceptors (Lipinski definition) is 3. The summed E-state index contributed by atoms with van der Waals surface area (Å²) in [7, 11) is 0. The van der Waals surface area contributed by atoms with Gasteiger partial charge in [0.05, 0.1) is 10.7 Å². The number of benzene rings is 1. The molecular formula is C14H15ClFN3. The second kappa shape index (κ2) is 5.53. The molecule has 1 aromatic carbocycles. The van der Waals surface area contributed by atoms with E-state index in [4.69, 9.17) is 11.6 Å². The van der Waals surface area contributed by atoms with Gasteiger partial charge in [0, 0.05) is 17.7 Å². The largest absolute Gasteiger partial charge is 0.370 e. The minimum Gasteiger partial charge on any atom is -0.370 e. The van der Waals surface area contributed by atoms with Crippen LogP contribution in [-0.4, -0.2) is 16.5 Å². The molecule has 0 saturated carbocycles. The lowest BCUT2D eigenvalue weighted by atomic mass is 10.1. The maximum absolute atomic E-state index is 13.2. The standard InChI is InChI=1S/C14H15ClFN3/c1-4-17-14-8(2)13(18-9(3)19-14)10-5-6-12(16)11(15)7-10/h5-7H,4H2,1-3H3,(H,17,18,19). The molecule has 1 aromatic heterocycles. The van der Waals surface area contributed by atoms with Crippen molar-refractivity contribution in [2.75, 3.05) is 11.9 Å². The fraction of sp³-hybridized carbons (Fsp3) is 0.286. The highest BCUT2D eigenvalue weighted by molar-refractivity contribution is 6.31. The van der Waals surface area contributed by atoms with Crippen LogP contribution in [0.2, 0.25) is 5.02 Å². The van der Waals surface area contributed by atoms with Crippen LogP contribution in [0.5, 0.6) is 0 Å². The maximum atomic E-state index is 13.2. The van der Waals surface area contributed by atoms with Gasteiger partial charge in [0.15, 0.2) is 0 Å². The van der Waals surface area contributed by atoms with Crippen LogP contribution in [0.25, 0.3) is 11.3 Å². The van der Waals surface area contributed by atoms with E-state index in [2.05, 4.69) is 15.3 Å². The van der Waals surface area contributed by atoms with Crippen LogP contribution in [0.15, 0.2) is 18.2 Å². The third-order valence-electron chi connectivity index (χ3n) is 2.79. The van der Waals surface area contributed by atoms with Crippen molar-refractivity contribution in [2.24, 2.45) is 0 Å². The SMILES string of the molecule is CCNc1nc(C)nc(-c2ccc(F)c(Cl)c2)c1C. The summed E-state index contributed by atoms with van der Waals surface area (Å²) in [6, 6.07) is 4.61. The highest BCUT2D eigenvalue weighted by atomic mass is 35.5. The van der Waals surface area contributed by atoms with Gasteiger partial charge in [-0.1, -0.05) is 11.6 Å². The fourth-order valence-corrected chi connectivity index (χ4v) is 2.07. The highest BCUT2D eigenvalue weighted by Gasteiger charge is 2.12. The molecule has 0 bridgehead atoms. The third-order valence-corrected chi connectivity index (χ3v) is 3.08. The summed E-state index contributed by atoms with van der Waals surface area (Å²) in [6.07, 6.45) is 0. The number of hydrogen-bond donors (Lipinski definition) is 1. The molecule has 0 aliphatic rings. The molecule has 0 saturated heterocycles. The van der Waals surface area contributed by atoms with Gasteiger partial charge in [0.1, 0.15) is 17.5 Å². The molecule has 1 N–H and O–H groups in total. The minimum absolute atomic E-state index is 0.0955. The van der Waals surface area contributed by atoms with E-state index >= 15 is 0 Å². The Morgan fingerprint density at radius 2 is 2.00 bits per heavy atom. The van der Waals surface area contributed by atoms with Crippen LogP contribution >= 0.6 is 11.6 Å². The number of nitrogens with zero attached hydrogens (tertiary/aromatic N) is 2. The van der Waals surface area contributed by atoms with Crippen molar-refractivity contribution in [2.45, 2.75) is 20.8 Å². The summed E-state index contributed by atoms with van der Waals surface area (Å²) in [5, 5.41) is 3.29. The predicted molar refractivity (Wildman–Crippen MR) is 76.1 cm³/mol. The molecule has 0 spiro atoms. The van der Waals surface area contributed by atoms with Gasteiger partial charge in [-0.3, -0.25) is 0 Å². The van der Waals surface area contributed by atoms with E-state index < -0.39 is 5.82 Å². The van der Waals surface area contributed by atoms with E-state index in [9.17, 15) is 4.39 Å². The first-order valence-corrected chi connectivity index (χ1v) is 6.45. The second-order valence-electron chi connectivity index (χ2n) is 4.25. The number of anilines is 1. The van der Waals surface area contributed by atoms with Gasteiger partial charge in [0.25, 0.3) is 0 Å². The van der Waals surface area contributed by atoms with Crippen molar-refractivity contribution in [3.8, 4) is 11.3 Å². The van der Waals surface area contributed by atoms with Gasteiger partial charge in [-0.15, -0.1) is 0 Å². The zero-order chi connectivity index (χ0) is 14.0. The molecule has 0 radical (unpaired) electrons. The average molecular weight is 280 g/mol. The third kappa shape index (κ3) is 2.84. The Morgan fingerprint density at radius 3 is 2.63 bits per heavy atom. The van der Waals surface area contributed by atoms with E-state index in [-0.39, 0.29) is 5.02 Å². The van der Waals surface area contributed by atoms with Crippen LogP contribution < -0.4 is 5.32 Å². The number of aromatic nitrogens is 2. The molecule has 0 aliphatic carbocycles. The van der Waals surface area contributed by atoms with Crippen molar-refractivity contribution in [1.82, 2.24) is 9.97 Å². The molecule has 3 nitrogen and oxygen atoms in total. The molecule has 19 heavy (non-hydrogen) atoms. The Bertz CT molecular complexity index is 614. The van der Waals surface area contributed by atoms with Gasteiger partial charge in [-0.2, -0.15) is 0 Å². The molecule has 0 atom stereocenters. The number of nitrogens with one attached hydrogen (secondary N) is 1. The lowest BCUT2D eigenvalue weighted by molar-refractivity contribution is 0.628. The Morgan fingerprint density at radius 1 is 1.26 bits per heavy atom. The molecule has 5 heteroatoms. The maximum Gasteiger partial charge on any atom is 0.141 e. The van der Waals surface area contributed by atoms with E-state index in [0.717, 1.165) is 29.2 Å². The molecule has 0 fully saturated rings. The lowest BCUT2D eigenvalue weighted by Gasteiger charge is -2.12.